The van der Waals surface area contributed by atoms with E-state index >= 15 is 0 Å². The summed E-state index contributed by atoms with van der Waals surface area (Å²) in [6.07, 6.45) is 1.49. The SMILES string of the molecule is CCOC(=O)C1CCCN(C(=O)C2CN(C(=O)COc3ccccc3F)C2)C1. The molecule has 0 aliphatic carbocycles. The Morgan fingerprint density at radius 2 is 1.82 bits per heavy atom. The lowest BCUT2D eigenvalue weighted by Crippen LogP contribution is -2.58. The molecule has 1 aromatic carbocycles. The molecule has 0 aromatic heterocycles. The lowest BCUT2D eigenvalue weighted by Gasteiger charge is -2.42. The topological polar surface area (TPSA) is 76.2 Å². The standard InChI is InChI=1S/C20H25FN2O5/c1-2-27-20(26)14-6-5-9-22(10-14)19(25)15-11-23(12-15)18(24)13-28-17-8-4-3-7-16(17)21/h3-4,7-8,14-15H,2,5-6,9-13H2,1H3. The molecule has 7 nitrogen and oxygen atoms in total. The Bertz CT molecular complexity index is 735. The molecule has 0 radical (unpaired) electrons. The first-order valence-corrected chi connectivity index (χ1v) is 9.60. The summed E-state index contributed by atoms with van der Waals surface area (Å²) in [5.41, 5.74) is 0. The number of hydrogen-bond donors (Lipinski definition) is 0. The molecule has 2 heterocycles. The van der Waals surface area contributed by atoms with Gasteiger partial charge in [-0.05, 0) is 31.9 Å². The van der Waals surface area contributed by atoms with E-state index in [4.69, 9.17) is 9.47 Å². The maximum atomic E-state index is 13.5. The van der Waals surface area contributed by atoms with Crippen LogP contribution in [0.5, 0.6) is 5.75 Å². The number of amides is 2. The number of carbonyl (C=O) groups is 3. The number of ether oxygens (including phenoxy) is 2. The summed E-state index contributed by atoms with van der Waals surface area (Å²) >= 11 is 0. The molecule has 0 bridgehead atoms. The second-order valence-corrected chi connectivity index (χ2v) is 7.09. The van der Waals surface area contributed by atoms with Crippen molar-refractivity contribution in [3.8, 4) is 5.75 Å². The van der Waals surface area contributed by atoms with Crippen LogP contribution in [-0.4, -0.2) is 67.0 Å². The van der Waals surface area contributed by atoms with Crippen molar-refractivity contribution in [2.75, 3.05) is 39.4 Å². The predicted molar refractivity (Wildman–Crippen MR) is 97.9 cm³/mol. The lowest BCUT2D eigenvalue weighted by molar-refractivity contribution is -0.154. The van der Waals surface area contributed by atoms with Gasteiger partial charge in [-0.15, -0.1) is 0 Å². The summed E-state index contributed by atoms with van der Waals surface area (Å²) < 4.78 is 23.8. The average Bonchev–Trinajstić information content (AvgIpc) is 2.66. The number of hydrogen-bond acceptors (Lipinski definition) is 5. The summed E-state index contributed by atoms with van der Waals surface area (Å²) in [7, 11) is 0. The van der Waals surface area contributed by atoms with E-state index < -0.39 is 5.82 Å². The molecule has 2 saturated heterocycles. The number of nitrogens with zero attached hydrogens (tertiary/aromatic N) is 2. The van der Waals surface area contributed by atoms with Crippen LogP contribution in [0.1, 0.15) is 19.8 Å². The predicted octanol–water partition coefficient (Wildman–Crippen LogP) is 1.46. The van der Waals surface area contributed by atoms with Crippen LogP contribution < -0.4 is 4.74 Å². The van der Waals surface area contributed by atoms with Gasteiger partial charge in [0.1, 0.15) is 0 Å². The number of halogens is 1. The first-order chi connectivity index (χ1) is 13.5. The van der Waals surface area contributed by atoms with E-state index in [9.17, 15) is 18.8 Å². The van der Waals surface area contributed by atoms with Crippen LogP contribution in [-0.2, 0) is 19.1 Å². The summed E-state index contributed by atoms with van der Waals surface area (Å²) in [4.78, 5) is 40.0. The smallest absolute Gasteiger partial charge is 0.310 e. The van der Waals surface area contributed by atoms with Gasteiger partial charge in [0.2, 0.25) is 5.91 Å². The Morgan fingerprint density at radius 3 is 2.54 bits per heavy atom. The van der Waals surface area contributed by atoms with E-state index in [1.54, 1.807) is 24.0 Å². The largest absolute Gasteiger partial charge is 0.481 e. The second kappa shape index (κ2) is 9.03. The van der Waals surface area contributed by atoms with Gasteiger partial charge in [-0.2, -0.15) is 0 Å². The van der Waals surface area contributed by atoms with Gasteiger partial charge in [0.15, 0.2) is 18.2 Å². The van der Waals surface area contributed by atoms with Crippen LogP contribution in [0.25, 0.3) is 0 Å². The average molecular weight is 392 g/mol. The third-order valence-corrected chi connectivity index (χ3v) is 5.12. The molecule has 3 rings (SSSR count). The summed E-state index contributed by atoms with van der Waals surface area (Å²) in [5.74, 6) is -1.60. The molecule has 0 spiro atoms. The Labute approximate surface area is 163 Å². The maximum Gasteiger partial charge on any atom is 0.310 e. The van der Waals surface area contributed by atoms with Crippen molar-refractivity contribution in [3.63, 3.8) is 0 Å². The highest BCUT2D eigenvalue weighted by atomic mass is 19.1. The van der Waals surface area contributed by atoms with Gasteiger partial charge in [-0.1, -0.05) is 12.1 Å². The van der Waals surface area contributed by atoms with E-state index in [2.05, 4.69) is 0 Å². The molecule has 2 aliphatic rings. The summed E-state index contributed by atoms with van der Waals surface area (Å²) in [5, 5.41) is 0. The number of benzene rings is 1. The van der Waals surface area contributed by atoms with Crippen molar-refractivity contribution < 1.29 is 28.2 Å². The first kappa shape index (κ1) is 20.1. The quantitative estimate of drug-likeness (QED) is 0.686. The number of para-hydroxylation sites is 1. The monoisotopic (exact) mass is 392 g/mol. The minimum atomic E-state index is -0.520. The van der Waals surface area contributed by atoms with Crippen LogP contribution in [0, 0.1) is 17.7 Å². The minimum Gasteiger partial charge on any atom is -0.481 e. The number of rotatable bonds is 6. The molecule has 1 atom stereocenters. The number of piperidine rings is 1. The molecule has 2 fully saturated rings. The molecule has 0 N–H and O–H groups in total. The van der Waals surface area contributed by atoms with Crippen LogP contribution >= 0.6 is 0 Å². The summed E-state index contributed by atoms with van der Waals surface area (Å²) in [6.45, 7) is 3.46. The highest BCUT2D eigenvalue weighted by molar-refractivity contribution is 5.85. The number of esters is 1. The number of carbonyl (C=O) groups excluding carboxylic acids is 3. The van der Waals surface area contributed by atoms with Crippen LogP contribution in [0.4, 0.5) is 4.39 Å². The Balaban J connectivity index is 1.44. The van der Waals surface area contributed by atoms with Crippen LogP contribution in [0.2, 0.25) is 0 Å². The van der Waals surface area contributed by atoms with Crippen LogP contribution in [0.3, 0.4) is 0 Å². The third kappa shape index (κ3) is 4.61. The van der Waals surface area contributed by atoms with Crippen molar-refractivity contribution in [1.29, 1.82) is 0 Å². The second-order valence-electron chi connectivity index (χ2n) is 7.09. The molecular formula is C20H25FN2O5. The maximum absolute atomic E-state index is 13.5. The Hall–Kier alpha value is -2.64. The summed E-state index contributed by atoms with van der Waals surface area (Å²) in [6, 6.07) is 5.90. The van der Waals surface area contributed by atoms with E-state index in [-0.39, 0.29) is 42.0 Å². The fourth-order valence-corrected chi connectivity index (χ4v) is 3.52. The highest BCUT2D eigenvalue weighted by Gasteiger charge is 2.40. The van der Waals surface area contributed by atoms with Gasteiger partial charge in [-0.25, -0.2) is 4.39 Å². The highest BCUT2D eigenvalue weighted by Crippen LogP contribution is 2.24. The van der Waals surface area contributed by atoms with E-state index in [1.165, 1.54) is 17.0 Å². The fraction of sp³-hybridized carbons (Fsp3) is 0.550. The molecular weight excluding hydrogens is 367 g/mol. The lowest BCUT2D eigenvalue weighted by atomic mass is 9.93. The zero-order valence-corrected chi connectivity index (χ0v) is 15.9. The van der Waals surface area contributed by atoms with Gasteiger partial charge in [0.05, 0.1) is 18.4 Å². The van der Waals surface area contributed by atoms with Crippen molar-refractivity contribution in [3.05, 3.63) is 30.1 Å². The number of likely N-dealkylation sites (tertiary alicyclic amines) is 2. The Morgan fingerprint density at radius 1 is 1.11 bits per heavy atom. The van der Waals surface area contributed by atoms with Crippen molar-refractivity contribution in [1.82, 2.24) is 9.80 Å². The zero-order valence-electron chi connectivity index (χ0n) is 15.9. The van der Waals surface area contributed by atoms with Gasteiger partial charge < -0.3 is 19.3 Å². The molecule has 2 amide bonds. The molecule has 1 unspecified atom stereocenters. The zero-order chi connectivity index (χ0) is 20.1. The van der Waals surface area contributed by atoms with E-state index in [0.29, 0.717) is 32.8 Å². The van der Waals surface area contributed by atoms with E-state index in [1.807, 2.05) is 0 Å². The Kier molecular flexibility index (Phi) is 6.49. The fourth-order valence-electron chi connectivity index (χ4n) is 3.52. The first-order valence-electron chi connectivity index (χ1n) is 9.60. The molecule has 1 aromatic rings. The minimum absolute atomic E-state index is 0.0299. The van der Waals surface area contributed by atoms with Gasteiger partial charge in [0, 0.05) is 26.2 Å². The van der Waals surface area contributed by atoms with Gasteiger partial charge in [0.25, 0.3) is 5.91 Å². The van der Waals surface area contributed by atoms with Gasteiger partial charge in [-0.3, -0.25) is 14.4 Å². The van der Waals surface area contributed by atoms with Gasteiger partial charge >= 0.3 is 5.97 Å². The van der Waals surface area contributed by atoms with Crippen molar-refractivity contribution in [2.24, 2.45) is 11.8 Å². The molecule has 0 saturated carbocycles. The molecule has 28 heavy (non-hydrogen) atoms. The normalized spacial score (nSPS) is 19.7. The van der Waals surface area contributed by atoms with Crippen LogP contribution in [0.15, 0.2) is 24.3 Å². The third-order valence-electron chi connectivity index (χ3n) is 5.12. The van der Waals surface area contributed by atoms with E-state index in [0.717, 1.165) is 12.8 Å². The van der Waals surface area contributed by atoms with Crippen molar-refractivity contribution in [2.45, 2.75) is 19.8 Å². The van der Waals surface area contributed by atoms with Crippen molar-refractivity contribution >= 4 is 17.8 Å². The molecule has 2 aliphatic heterocycles. The molecule has 8 heteroatoms. The molecule has 152 valence electrons.